The molecule has 20 nitrogen and oxygen atoms in total. The Balaban J connectivity index is 0. The third kappa shape index (κ3) is 11.1. The van der Waals surface area contributed by atoms with Crippen molar-refractivity contribution in [1.29, 1.82) is 0 Å². The minimum atomic E-state index is -5.85. The second-order valence-corrected chi connectivity index (χ2v) is 10.0. The zero-order chi connectivity index (χ0) is 24.5. The Morgan fingerprint density at radius 1 is 1.06 bits per heavy atom. The molecule has 1 fully saturated rings. The third-order valence-corrected chi connectivity index (χ3v) is 6.89. The van der Waals surface area contributed by atoms with Crippen LogP contribution in [0.5, 0.6) is 0 Å². The van der Waals surface area contributed by atoms with Gasteiger partial charge in [-0.1, -0.05) is 0 Å². The summed E-state index contributed by atoms with van der Waals surface area (Å²) in [6, 6.07) is 0. The summed E-state index contributed by atoms with van der Waals surface area (Å²) < 4.78 is 42.6. The van der Waals surface area contributed by atoms with Crippen molar-refractivity contribution in [3.05, 3.63) is 12.7 Å². The van der Waals surface area contributed by atoms with Crippen molar-refractivity contribution in [3.63, 3.8) is 0 Å². The summed E-state index contributed by atoms with van der Waals surface area (Å²) in [6.07, 6.45) is -1.42. The molecule has 35 heavy (non-hydrogen) atoms. The van der Waals surface area contributed by atoms with Crippen LogP contribution < -0.4 is 74.6 Å². The molecule has 0 aromatic carbocycles. The first-order valence-corrected chi connectivity index (χ1v) is 12.4. The summed E-state index contributed by atoms with van der Waals surface area (Å²) in [7, 11) is -16.9. The summed E-state index contributed by atoms with van der Waals surface area (Å²) in [4.78, 5) is 55.4. The largest absolute Gasteiger partial charge is 1.00 e. The summed E-state index contributed by atoms with van der Waals surface area (Å²) in [5, 5.41) is 28.7. The van der Waals surface area contributed by atoms with Gasteiger partial charge < -0.3 is 60.3 Å². The van der Waals surface area contributed by atoms with E-state index in [0.29, 0.717) is 11.2 Å². The van der Waals surface area contributed by atoms with E-state index in [4.69, 9.17) is 30.3 Å². The zero-order valence-electron chi connectivity index (χ0n) is 17.8. The van der Waals surface area contributed by atoms with E-state index >= 15 is 0 Å². The summed E-state index contributed by atoms with van der Waals surface area (Å²) in [5.41, 5.74) is 6.44. The van der Waals surface area contributed by atoms with E-state index in [0.717, 1.165) is 0 Å². The number of imidazole rings is 1. The van der Waals surface area contributed by atoms with Gasteiger partial charge in [-0.25, -0.2) is 24.1 Å². The predicted molar refractivity (Wildman–Crippen MR) is 98.0 cm³/mol. The van der Waals surface area contributed by atoms with Crippen LogP contribution in [-0.4, -0.2) is 79.9 Å². The van der Waals surface area contributed by atoms with Crippen molar-refractivity contribution in [2.75, 3.05) is 12.3 Å². The number of hydrogen-bond acceptors (Lipinski definition) is 15. The van der Waals surface area contributed by atoms with E-state index in [9.17, 15) is 33.7 Å². The SMILES string of the molecule is Nc1ncnc2c1ncn2[C@@H]1O[C@H](CO)[C@@H](O)[C@H]1O.O.O=P([O-])([O-])OP(=O)(O)OP(=O)(O)O.[Na+].[Na+]. The normalized spacial score (nSPS) is 23.7. The van der Waals surface area contributed by atoms with E-state index in [1.165, 1.54) is 17.2 Å². The average molecular weight is 587 g/mol. The third-order valence-electron chi connectivity index (χ3n) is 3.59. The maximum absolute atomic E-state index is 10.3. The van der Waals surface area contributed by atoms with E-state index in [1.807, 2.05) is 0 Å². The number of ether oxygens (including phenoxy) is 1. The van der Waals surface area contributed by atoms with Gasteiger partial charge in [0, 0.05) is 0 Å². The number of fused-ring (bicyclic) bond motifs is 1. The van der Waals surface area contributed by atoms with Crippen molar-refractivity contribution < 1.29 is 131 Å². The van der Waals surface area contributed by atoms with Crippen LogP contribution in [0.25, 0.3) is 11.2 Å². The molecule has 0 bridgehead atoms. The predicted octanol–water partition coefficient (Wildman–Crippen LogP) is -10.8. The van der Waals surface area contributed by atoms with Crippen molar-refractivity contribution in [1.82, 2.24) is 19.5 Å². The molecule has 0 saturated carbocycles. The second kappa shape index (κ2) is 14.6. The van der Waals surface area contributed by atoms with Crippen molar-refractivity contribution in [2.45, 2.75) is 24.5 Å². The summed E-state index contributed by atoms with van der Waals surface area (Å²) in [6.45, 7) is -0.390. The number of aromatic nitrogens is 4. The monoisotopic (exact) mass is 587 g/mol. The van der Waals surface area contributed by atoms with E-state index < -0.39 is 54.6 Å². The number of phosphoric acid groups is 3. The van der Waals surface area contributed by atoms with Gasteiger partial charge in [-0.05, 0) is 0 Å². The Morgan fingerprint density at radius 2 is 1.63 bits per heavy atom. The number of nitrogens with zero attached hydrogens (tertiary/aromatic N) is 4. The molecule has 0 aliphatic carbocycles. The van der Waals surface area contributed by atoms with Gasteiger partial charge in [-0.15, -0.1) is 0 Å². The van der Waals surface area contributed by atoms with E-state index in [2.05, 4.69) is 23.6 Å². The fourth-order valence-corrected chi connectivity index (χ4v) is 4.92. The molecule has 3 heterocycles. The molecule has 2 aromatic rings. The van der Waals surface area contributed by atoms with Gasteiger partial charge in [0.2, 0.25) is 0 Å². The molecule has 5 atom stereocenters. The Bertz CT molecular complexity index is 1070. The summed E-state index contributed by atoms with van der Waals surface area (Å²) >= 11 is 0. The topological polar surface area (TPSA) is 348 Å². The molecule has 0 radical (unpaired) electrons. The first kappa shape index (κ1) is 37.7. The fraction of sp³-hybridized carbons (Fsp3) is 0.500. The molecule has 25 heteroatoms. The molecular weight excluding hydrogens is 569 g/mol. The quantitative estimate of drug-likeness (QED) is 0.122. The fourth-order valence-electron chi connectivity index (χ4n) is 2.44. The van der Waals surface area contributed by atoms with Gasteiger partial charge in [0.15, 0.2) is 17.7 Å². The number of nitrogen functional groups attached to an aromatic ring is 1. The Kier molecular flexibility index (Phi) is 15.8. The second-order valence-electron chi connectivity index (χ2n) is 5.88. The van der Waals surface area contributed by atoms with Gasteiger partial charge in [-0.3, -0.25) is 8.88 Å². The molecule has 1 aliphatic heterocycles. The van der Waals surface area contributed by atoms with Crippen LogP contribution in [0.15, 0.2) is 12.7 Å². The molecule has 3 rings (SSSR count). The minimum absolute atomic E-state index is 0. The van der Waals surface area contributed by atoms with Gasteiger partial charge in [0.1, 0.15) is 30.2 Å². The van der Waals surface area contributed by atoms with E-state index in [1.54, 1.807) is 0 Å². The van der Waals surface area contributed by atoms with Crippen LogP contribution in [0, 0.1) is 0 Å². The Morgan fingerprint density at radius 3 is 2.09 bits per heavy atom. The van der Waals surface area contributed by atoms with Crippen molar-refractivity contribution >= 4 is 40.4 Å². The van der Waals surface area contributed by atoms with Crippen LogP contribution in [0.4, 0.5) is 5.82 Å². The number of aliphatic hydroxyl groups excluding tert-OH is 3. The first-order chi connectivity index (χ1) is 14.5. The minimum Gasteiger partial charge on any atom is -0.789 e. The number of aliphatic hydroxyl groups is 3. The molecule has 190 valence electrons. The first-order valence-electron chi connectivity index (χ1n) is 7.93. The summed E-state index contributed by atoms with van der Waals surface area (Å²) in [5.74, 6) is 0.218. The number of hydrogen-bond donors (Lipinski definition) is 7. The molecule has 1 unspecified atom stereocenters. The molecule has 10 N–H and O–H groups in total. The van der Waals surface area contributed by atoms with Crippen LogP contribution in [0.1, 0.15) is 6.23 Å². The van der Waals surface area contributed by atoms with Gasteiger partial charge in [0.05, 0.1) is 20.8 Å². The average Bonchev–Trinajstić information content (AvgIpc) is 3.14. The van der Waals surface area contributed by atoms with Crippen LogP contribution in [0.2, 0.25) is 0 Å². The maximum Gasteiger partial charge on any atom is 1.00 e. The molecule has 0 spiro atoms. The number of rotatable bonds is 6. The standard InChI is InChI=1S/C10H13N5O4.2Na.H5O10P3.H2O/c11-8-5-9(13-2-12-8)15(3-14-5)10-7(18)6(17)4(1-16)19-10;;;1-11(2,3)9-13(7,8)10-12(4,5)6;/h2-4,6-7,10,16-18H,1H2,(H2,11,12,13);;;(H,7,8)(H2,1,2,3)(H2,4,5,6);1H2/q;2*+1;;/p-2/t4-,6-,7-,10-;;;;/m1..../s1. The van der Waals surface area contributed by atoms with Gasteiger partial charge in [-0.2, -0.15) is 4.31 Å². The number of nitrogens with two attached hydrogens (primary N) is 1. The molecule has 1 aliphatic rings. The molecule has 1 saturated heterocycles. The molecule has 0 amide bonds. The van der Waals surface area contributed by atoms with E-state index in [-0.39, 0.29) is 70.4 Å². The van der Waals surface area contributed by atoms with Crippen molar-refractivity contribution in [2.24, 2.45) is 0 Å². The Labute approximate surface area is 239 Å². The van der Waals surface area contributed by atoms with Crippen LogP contribution >= 0.6 is 23.5 Å². The molecule has 2 aromatic heterocycles. The van der Waals surface area contributed by atoms with Crippen molar-refractivity contribution in [3.8, 4) is 0 Å². The van der Waals surface area contributed by atoms with Crippen LogP contribution in [-0.2, 0) is 27.1 Å². The van der Waals surface area contributed by atoms with Gasteiger partial charge >= 0.3 is 74.8 Å². The van der Waals surface area contributed by atoms with Crippen LogP contribution in [0.3, 0.4) is 0 Å². The van der Waals surface area contributed by atoms with Gasteiger partial charge in [0.25, 0.3) is 0 Å². The maximum atomic E-state index is 10.3. The smallest absolute Gasteiger partial charge is 0.789 e. The molecular formula is C10H18N5Na2O15P3. The number of anilines is 1. The zero-order valence-corrected chi connectivity index (χ0v) is 24.5. The Hall–Kier alpha value is 0.560.